The van der Waals surface area contributed by atoms with Gasteiger partial charge in [0.2, 0.25) is 5.91 Å². The summed E-state index contributed by atoms with van der Waals surface area (Å²) in [4.78, 5) is 14.6. The largest absolute Gasteiger partial charge is 0.356 e. The van der Waals surface area contributed by atoms with Crippen LogP contribution >= 0.6 is 0 Å². The minimum Gasteiger partial charge on any atom is -0.356 e. The zero-order valence-corrected chi connectivity index (χ0v) is 12.1. The van der Waals surface area contributed by atoms with E-state index < -0.39 is 0 Å². The molecule has 1 amide bonds. The van der Waals surface area contributed by atoms with Gasteiger partial charge in [0.25, 0.3) is 0 Å². The van der Waals surface area contributed by atoms with Gasteiger partial charge in [-0.3, -0.25) is 4.79 Å². The zero-order chi connectivity index (χ0) is 13.5. The third kappa shape index (κ3) is 4.46. The van der Waals surface area contributed by atoms with Crippen LogP contribution in [-0.2, 0) is 4.79 Å². The average Bonchev–Trinajstić information content (AvgIpc) is 2.93. The Hall–Kier alpha value is -0.610. The van der Waals surface area contributed by atoms with Crippen LogP contribution in [0.5, 0.6) is 0 Å². The van der Waals surface area contributed by atoms with Crippen LogP contribution in [0, 0.1) is 11.8 Å². The molecule has 2 fully saturated rings. The number of hydrogen-bond acceptors (Lipinski definition) is 3. The number of nitrogens with one attached hydrogen (secondary N) is 1. The number of carbonyl (C=O) groups is 1. The molecule has 1 aliphatic heterocycles. The highest BCUT2D eigenvalue weighted by Gasteiger charge is 2.31. The summed E-state index contributed by atoms with van der Waals surface area (Å²) in [5, 5.41) is 3.11. The minimum atomic E-state index is 0.181. The fourth-order valence-corrected chi connectivity index (χ4v) is 3.49. The molecule has 2 aliphatic rings. The van der Waals surface area contributed by atoms with Gasteiger partial charge in [-0.2, -0.15) is 0 Å². The molecule has 2 rings (SSSR count). The molecule has 0 aromatic carbocycles. The van der Waals surface area contributed by atoms with Gasteiger partial charge in [0.1, 0.15) is 0 Å². The highest BCUT2D eigenvalue weighted by molar-refractivity contribution is 5.79. The van der Waals surface area contributed by atoms with Crippen molar-refractivity contribution in [2.45, 2.75) is 44.9 Å². The van der Waals surface area contributed by atoms with E-state index in [0.717, 1.165) is 38.8 Å². The van der Waals surface area contributed by atoms with Gasteiger partial charge in [-0.15, -0.1) is 0 Å². The molecule has 2 atom stereocenters. The molecule has 1 aliphatic carbocycles. The monoisotopic (exact) mass is 267 g/mol. The molecule has 4 nitrogen and oxygen atoms in total. The van der Waals surface area contributed by atoms with Crippen molar-refractivity contribution in [1.82, 2.24) is 10.2 Å². The van der Waals surface area contributed by atoms with E-state index >= 15 is 0 Å². The lowest BCUT2D eigenvalue weighted by Crippen LogP contribution is -2.37. The van der Waals surface area contributed by atoms with Gasteiger partial charge in [-0.1, -0.05) is 12.8 Å². The zero-order valence-electron chi connectivity index (χ0n) is 12.1. The number of likely N-dealkylation sites (tertiary alicyclic amines) is 1. The molecular weight excluding hydrogens is 238 g/mol. The Morgan fingerprint density at radius 3 is 2.68 bits per heavy atom. The van der Waals surface area contributed by atoms with E-state index in [1.165, 1.54) is 32.4 Å². The van der Waals surface area contributed by atoms with Crippen LogP contribution in [0.2, 0.25) is 0 Å². The van der Waals surface area contributed by atoms with Crippen LogP contribution in [0.4, 0.5) is 0 Å². The number of nitrogens with two attached hydrogens (primary N) is 1. The quantitative estimate of drug-likeness (QED) is 0.714. The molecule has 1 heterocycles. The molecule has 3 N–H and O–H groups in total. The second-order valence-corrected chi connectivity index (χ2v) is 6.08. The molecule has 2 unspecified atom stereocenters. The standard InChI is InChI=1S/C15H29N3O/c16-12-13-6-4-7-14(13)15(19)17-8-5-11-18-9-2-1-3-10-18/h13-14H,1-12,16H2,(H,17,19). The molecule has 110 valence electrons. The predicted octanol–water partition coefficient (Wildman–Crippen LogP) is 1.35. The van der Waals surface area contributed by atoms with Crippen molar-refractivity contribution in [3.63, 3.8) is 0 Å². The van der Waals surface area contributed by atoms with Crippen molar-refractivity contribution in [3.05, 3.63) is 0 Å². The summed E-state index contributed by atoms with van der Waals surface area (Å²) < 4.78 is 0. The first-order valence-electron chi connectivity index (χ1n) is 8.01. The van der Waals surface area contributed by atoms with Crippen molar-refractivity contribution in [2.24, 2.45) is 17.6 Å². The van der Waals surface area contributed by atoms with Gasteiger partial charge in [-0.05, 0) is 64.2 Å². The Morgan fingerprint density at radius 1 is 1.16 bits per heavy atom. The lowest BCUT2D eigenvalue weighted by Gasteiger charge is -2.26. The molecule has 0 radical (unpaired) electrons. The van der Waals surface area contributed by atoms with Gasteiger partial charge < -0.3 is 16.0 Å². The summed E-state index contributed by atoms with van der Waals surface area (Å²) in [6, 6.07) is 0. The smallest absolute Gasteiger partial charge is 0.223 e. The molecule has 19 heavy (non-hydrogen) atoms. The normalized spacial score (nSPS) is 28.5. The Balaban J connectivity index is 1.58. The Kier molecular flexibility index (Phi) is 6.11. The lowest BCUT2D eigenvalue weighted by molar-refractivity contribution is -0.125. The van der Waals surface area contributed by atoms with Gasteiger partial charge in [0, 0.05) is 12.5 Å². The van der Waals surface area contributed by atoms with Crippen LogP contribution in [-0.4, -0.2) is 43.5 Å². The molecule has 4 heteroatoms. The van der Waals surface area contributed by atoms with Gasteiger partial charge in [0.15, 0.2) is 0 Å². The van der Waals surface area contributed by atoms with Crippen LogP contribution < -0.4 is 11.1 Å². The Labute approximate surface area is 117 Å². The molecule has 0 aromatic heterocycles. The summed E-state index contributed by atoms with van der Waals surface area (Å²) in [6.07, 6.45) is 8.45. The molecule has 0 spiro atoms. The Morgan fingerprint density at radius 2 is 1.95 bits per heavy atom. The van der Waals surface area contributed by atoms with Crippen LogP contribution in [0.15, 0.2) is 0 Å². The fraction of sp³-hybridized carbons (Fsp3) is 0.933. The second-order valence-electron chi connectivity index (χ2n) is 6.08. The maximum Gasteiger partial charge on any atom is 0.223 e. The minimum absolute atomic E-state index is 0.181. The third-order valence-electron chi connectivity index (χ3n) is 4.70. The number of carbonyl (C=O) groups excluding carboxylic acids is 1. The number of amides is 1. The summed E-state index contributed by atoms with van der Waals surface area (Å²) >= 11 is 0. The van der Waals surface area contributed by atoms with Gasteiger partial charge in [0.05, 0.1) is 0 Å². The number of piperidine rings is 1. The Bertz CT molecular complexity index is 277. The first kappa shape index (κ1) is 14.8. The average molecular weight is 267 g/mol. The lowest BCUT2D eigenvalue weighted by atomic mass is 9.95. The summed E-state index contributed by atoms with van der Waals surface area (Å²) in [6.45, 7) is 5.10. The third-order valence-corrected chi connectivity index (χ3v) is 4.70. The van der Waals surface area contributed by atoms with Gasteiger partial charge in [-0.25, -0.2) is 0 Å². The van der Waals surface area contributed by atoms with Crippen molar-refractivity contribution < 1.29 is 4.79 Å². The van der Waals surface area contributed by atoms with Crippen LogP contribution in [0.1, 0.15) is 44.9 Å². The van der Waals surface area contributed by atoms with E-state index in [1.807, 2.05) is 0 Å². The molecular formula is C15H29N3O. The molecule has 0 bridgehead atoms. The number of rotatable bonds is 6. The van der Waals surface area contributed by atoms with E-state index in [-0.39, 0.29) is 11.8 Å². The first-order chi connectivity index (χ1) is 9.31. The van der Waals surface area contributed by atoms with Crippen LogP contribution in [0.3, 0.4) is 0 Å². The van der Waals surface area contributed by atoms with Crippen molar-refractivity contribution in [1.29, 1.82) is 0 Å². The van der Waals surface area contributed by atoms with E-state index in [0.29, 0.717) is 12.5 Å². The van der Waals surface area contributed by atoms with E-state index in [2.05, 4.69) is 10.2 Å². The first-order valence-corrected chi connectivity index (χ1v) is 8.01. The SMILES string of the molecule is NCC1CCCC1C(=O)NCCCN1CCCCC1. The van der Waals surface area contributed by atoms with E-state index in [9.17, 15) is 4.79 Å². The topological polar surface area (TPSA) is 58.4 Å². The summed E-state index contributed by atoms with van der Waals surface area (Å²) in [5.41, 5.74) is 5.73. The molecule has 1 saturated heterocycles. The number of hydrogen-bond donors (Lipinski definition) is 2. The summed E-state index contributed by atoms with van der Waals surface area (Å²) in [5.74, 6) is 0.841. The highest BCUT2D eigenvalue weighted by Crippen LogP contribution is 2.30. The van der Waals surface area contributed by atoms with Crippen molar-refractivity contribution in [3.8, 4) is 0 Å². The fourth-order valence-electron chi connectivity index (χ4n) is 3.49. The number of nitrogens with zero attached hydrogens (tertiary/aromatic N) is 1. The maximum atomic E-state index is 12.1. The van der Waals surface area contributed by atoms with Crippen molar-refractivity contribution in [2.75, 3.05) is 32.7 Å². The van der Waals surface area contributed by atoms with E-state index in [4.69, 9.17) is 5.73 Å². The summed E-state index contributed by atoms with van der Waals surface area (Å²) in [7, 11) is 0. The predicted molar refractivity (Wildman–Crippen MR) is 77.8 cm³/mol. The van der Waals surface area contributed by atoms with Crippen molar-refractivity contribution >= 4 is 5.91 Å². The highest BCUT2D eigenvalue weighted by atomic mass is 16.1. The second kappa shape index (κ2) is 7.85. The molecule has 0 aromatic rings. The maximum absolute atomic E-state index is 12.1. The van der Waals surface area contributed by atoms with Crippen LogP contribution in [0.25, 0.3) is 0 Å². The molecule has 1 saturated carbocycles. The van der Waals surface area contributed by atoms with Gasteiger partial charge >= 0.3 is 0 Å². The van der Waals surface area contributed by atoms with E-state index in [1.54, 1.807) is 0 Å².